The molecule has 26 heavy (non-hydrogen) atoms. The molecule has 2 aromatic carbocycles. The molecule has 0 radical (unpaired) electrons. The number of ether oxygens (including phenoxy) is 3. The van der Waals surface area contributed by atoms with Crippen LogP contribution in [0.15, 0.2) is 42.5 Å². The van der Waals surface area contributed by atoms with E-state index >= 15 is 0 Å². The minimum atomic E-state index is 0.582. The van der Waals surface area contributed by atoms with Crippen molar-refractivity contribution in [3.63, 3.8) is 0 Å². The van der Waals surface area contributed by atoms with Gasteiger partial charge in [0.05, 0.1) is 12.6 Å². The van der Waals surface area contributed by atoms with Gasteiger partial charge in [-0.15, -0.1) is 0 Å². The summed E-state index contributed by atoms with van der Waals surface area (Å²) in [6.07, 6.45) is 0. The smallest absolute Gasteiger partial charge is 0.212 e. The molecule has 0 spiro atoms. The first-order valence-corrected chi connectivity index (χ1v) is 8.51. The fraction of sp³-hybridized carbons (Fsp3) is 0.250. The molecular weight excluding hydrogens is 330 g/mol. The summed E-state index contributed by atoms with van der Waals surface area (Å²) in [5, 5.41) is 4.27. The van der Waals surface area contributed by atoms with Crippen molar-refractivity contribution in [3.05, 3.63) is 42.5 Å². The van der Waals surface area contributed by atoms with E-state index in [1.54, 1.807) is 7.11 Å². The zero-order valence-electron chi connectivity index (χ0n) is 15.1. The first-order valence-electron chi connectivity index (χ1n) is 8.51. The van der Waals surface area contributed by atoms with E-state index in [9.17, 15) is 0 Å². The predicted molar refractivity (Wildman–Crippen MR) is 102 cm³/mol. The van der Waals surface area contributed by atoms with Gasteiger partial charge in [0.1, 0.15) is 0 Å². The summed E-state index contributed by atoms with van der Waals surface area (Å²) >= 11 is 0. The van der Waals surface area contributed by atoms with Crippen molar-refractivity contribution in [1.29, 1.82) is 0 Å². The molecule has 6 heteroatoms. The third kappa shape index (κ3) is 2.88. The third-order valence-corrected chi connectivity index (χ3v) is 4.23. The van der Waals surface area contributed by atoms with Crippen molar-refractivity contribution in [2.75, 3.05) is 39.6 Å². The molecule has 1 aliphatic heterocycles. The minimum absolute atomic E-state index is 0.582. The van der Waals surface area contributed by atoms with Crippen molar-refractivity contribution in [3.8, 4) is 28.7 Å². The molecule has 0 atom stereocenters. The van der Waals surface area contributed by atoms with Gasteiger partial charge in [0, 0.05) is 18.5 Å². The number of hydrogen-bond acceptors (Lipinski definition) is 6. The van der Waals surface area contributed by atoms with Gasteiger partial charge in [-0.05, 0) is 38.4 Å². The number of rotatable bonds is 5. The van der Waals surface area contributed by atoms with Crippen molar-refractivity contribution in [1.82, 2.24) is 9.88 Å². The van der Waals surface area contributed by atoms with Crippen molar-refractivity contribution < 1.29 is 14.2 Å². The summed E-state index contributed by atoms with van der Waals surface area (Å²) in [5.74, 6) is 3.76. The maximum atomic E-state index is 6.24. The van der Waals surface area contributed by atoms with Gasteiger partial charge in [-0.3, -0.25) is 0 Å². The van der Waals surface area contributed by atoms with Crippen LogP contribution < -0.4 is 19.5 Å². The topological polar surface area (TPSA) is 55.9 Å². The lowest BCUT2D eigenvalue weighted by molar-refractivity contribution is 0.331. The van der Waals surface area contributed by atoms with E-state index < -0.39 is 0 Å². The van der Waals surface area contributed by atoms with Gasteiger partial charge in [0.2, 0.25) is 11.5 Å². The number of aromatic nitrogens is 1. The maximum absolute atomic E-state index is 6.24. The molecule has 0 saturated heterocycles. The van der Waals surface area contributed by atoms with Crippen molar-refractivity contribution in [2.24, 2.45) is 0 Å². The zero-order chi connectivity index (χ0) is 18.1. The highest BCUT2D eigenvalue weighted by Gasteiger charge is 2.27. The van der Waals surface area contributed by atoms with Crippen LogP contribution in [0.5, 0.6) is 28.7 Å². The predicted octanol–water partition coefficient (Wildman–Crippen LogP) is 4.11. The molecule has 134 valence electrons. The largest absolute Gasteiger partial charge is 0.493 e. The highest BCUT2D eigenvalue weighted by molar-refractivity contribution is 5.92. The van der Waals surface area contributed by atoms with Crippen LogP contribution in [0, 0.1) is 0 Å². The number of fused-ring (bicyclic) bond motifs is 4. The average Bonchev–Trinajstić information content (AvgIpc) is 2.66. The highest BCUT2D eigenvalue weighted by atomic mass is 16.6. The summed E-state index contributed by atoms with van der Waals surface area (Å²) in [4.78, 5) is 6.84. The van der Waals surface area contributed by atoms with E-state index in [1.165, 1.54) is 0 Å². The number of nitrogens with one attached hydrogen (secondary N) is 1. The van der Waals surface area contributed by atoms with Gasteiger partial charge in [-0.2, -0.15) is 0 Å². The van der Waals surface area contributed by atoms with Crippen LogP contribution >= 0.6 is 0 Å². The lowest BCUT2D eigenvalue weighted by Gasteiger charge is -2.25. The quantitative estimate of drug-likeness (QED) is 0.584. The number of benzene rings is 2. The summed E-state index contributed by atoms with van der Waals surface area (Å²) in [6.45, 7) is 1.63. The molecular formula is C20H21N3O3. The normalized spacial score (nSPS) is 12.2. The monoisotopic (exact) mass is 351 g/mol. The van der Waals surface area contributed by atoms with Gasteiger partial charge in [0.25, 0.3) is 0 Å². The molecule has 1 N–H and O–H groups in total. The Hall–Kier alpha value is -2.99. The molecule has 0 aliphatic carbocycles. The molecule has 0 bridgehead atoms. The molecule has 0 saturated carbocycles. The average molecular weight is 351 g/mol. The number of pyridine rings is 1. The van der Waals surface area contributed by atoms with Gasteiger partial charge < -0.3 is 24.4 Å². The van der Waals surface area contributed by atoms with Gasteiger partial charge in [0.15, 0.2) is 23.1 Å². The molecule has 0 fully saturated rings. The Morgan fingerprint density at radius 2 is 1.85 bits per heavy atom. The van der Waals surface area contributed by atoms with Crippen LogP contribution in [0.2, 0.25) is 0 Å². The van der Waals surface area contributed by atoms with Crippen LogP contribution in [0.25, 0.3) is 10.9 Å². The Labute approximate surface area is 152 Å². The van der Waals surface area contributed by atoms with Crippen LogP contribution in [-0.4, -0.2) is 44.2 Å². The molecule has 6 nitrogen and oxygen atoms in total. The summed E-state index contributed by atoms with van der Waals surface area (Å²) < 4.78 is 17.8. The maximum Gasteiger partial charge on any atom is 0.212 e. The second-order valence-electron chi connectivity index (χ2n) is 6.36. The Balaban J connectivity index is 1.81. The Morgan fingerprint density at radius 1 is 1.00 bits per heavy atom. The van der Waals surface area contributed by atoms with E-state index in [1.807, 2.05) is 56.6 Å². The Kier molecular flexibility index (Phi) is 4.26. The highest BCUT2D eigenvalue weighted by Crippen LogP contribution is 2.53. The first-order chi connectivity index (χ1) is 12.7. The van der Waals surface area contributed by atoms with Crippen LogP contribution in [0.3, 0.4) is 0 Å². The van der Waals surface area contributed by atoms with Crippen LogP contribution in [0.1, 0.15) is 0 Å². The van der Waals surface area contributed by atoms with E-state index in [4.69, 9.17) is 19.2 Å². The summed E-state index contributed by atoms with van der Waals surface area (Å²) in [7, 11) is 5.69. The standard InChI is InChI=1S/C20H21N3O3/c1-23(2)12-11-21-20-19-17(13-7-4-5-8-14(13)22-20)26-18-15(24-3)9-6-10-16(18)25-19/h4-10H,11-12H2,1-3H3,(H,21,22). The third-order valence-electron chi connectivity index (χ3n) is 4.23. The lowest BCUT2D eigenvalue weighted by Crippen LogP contribution is -2.21. The molecule has 3 aromatic rings. The second kappa shape index (κ2) is 6.72. The molecule has 2 heterocycles. The van der Waals surface area contributed by atoms with Crippen molar-refractivity contribution >= 4 is 16.7 Å². The minimum Gasteiger partial charge on any atom is -0.493 e. The molecule has 1 aromatic heterocycles. The van der Waals surface area contributed by atoms with Crippen molar-refractivity contribution in [2.45, 2.75) is 0 Å². The van der Waals surface area contributed by atoms with Crippen LogP contribution in [-0.2, 0) is 0 Å². The van der Waals surface area contributed by atoms with E-state index in [-0.39, 0.29) is 0 Å². The summed E-state index contributed by atoms with van der Waals surface area (Å²) in [5.41, 5.74) is 0.848. The van der Waals surface area contributed by atoms with Crippen LogP contribution in [0.4, 0.5) is 5.82 Å². The zero-order valence-corrected chi connectivity index (χ0v) is 15.1. The van der Waals surface area contributed by atoms with Gasteiger partial charge in [-0.25, -0.2) is 4.98 Å². The molecule has 0 amide bonds. The van der Waals surface area contributed by atoms with Gasteiger partial charge >= 0.3 is 0 Å². The van der Waals surface area contributed by atoms with E-state index in [2.05, 4.69) is 10.2 Å². The number of hydrogen-bond donors (Lipinski definition) is 1. The first kappa shape index (κ1) is 16.5. The Bertz CT molecular complexity index is 956. The van der Waals surface area contributed by atoms with E-state index in [0.29, 0.717) is 34.6 Å². The summed E-state index contributed by atoms with van der Waals surface area (Å²) in [6, 6.07) is 13.5. The fourth-order valence-corrected chi connectivity index (χ4v) is 2.93. The SMILES string of the molecule is COc1cccc2c1Oc1c(c(NCCN(C)C)nc3ccccc13)O2. The Morgan fingerprint density at radius 3 is 2.65 bits per heavy atom. The molecule has 4 rings (SSSR count). The van der Waals surface area contributed by atoms with Gasteiger partial charge in [-0.1, -0.05) is 18.2 Å². The molecule has 0 unspecified atom stereocenters. The number of para-hydroxylation sites is 2. The lowest BCUT2D eigenvalue weighted by atomic mass is 10.1. The second-order valence-corrected chi connectivity index (χ2v) is 6.36. The number of anilines is 1. The number of methoxy groups -OCH3 is 1. The fourth-order valence-electron chi connectivity index (χ4n) is 2.93. The number of likely N-dealkylation sites (N-methyl/N-ethyl adjacent to an activating group) is 1. The van der Waals surface area contributed by atoms with E-state index in [0.717, 1.165) is 24.0 Å². The number of nitrogens with zero attached hydrogens (tertiary/aromatic N) is 2. The molecule has 1 aliphatic rings.